The molecule has 2 N–H and O–H groups in total. The SMILES string of the molecule is Cn1cnnc1Sc1ccc2c(c1)NC(=O)C2O. The minimum Gasteiger partial charge on any atom is -0.378 e. The lowest BCUT2D eigenvalue weighted by Crippen LogP contribution is -2.10. The molecule has 0 spiro atoms. The van der Waals surface area contributed by atoms with E-state index in [1.165, 1.54) is 11.8 Å². The first-order valence-electron chi connectivity index (χ1n) is 5.30. The van der Waals surface area contributed by atoms with E-state index in [4.69, 9.17) is 0 Å². The molecule has 0 saturated carbocycles. The Balaban J connectivity index is 1.91. The number of benzene rings is 1. The number of carbonyl (C=O) groups is 1. The summed E-state index contributed by atoms with van der Waals surface area (Å²) in [5.41, 5.74) is 1.27. The number of fused-ring (bicyclic) bond motifs is 1. The summed E-state index contributed by atoms with van der Waals surface area (Å²) in [6.07, 6.45) is 0.565. The normalized spacial score (nSPS) is 17.7. The van der Waals surface area contributed by atoms with Gasteiger partial charge in [-0.25, -0.2) is 0 Å². The van der Waals surface area contributed by atoms with Gasteiger partial charge in [-0.2, -0.15) is 0 Å². The zero-order valence-corrected chi connectivity index (χ0v) is 10.3. The molecule has 7 heteroatoms. The molecule has 92 valence electrons. The molecule has 0 fully saturated rings. The van der Waals surface area contributed by atoms with Crippen molar-refractivity contribution in [2.45, 2.75) is 16.2 Å². The van der Waals surface area contributed by atoms with Gasteiger partial charge in [0, 0.05) is 23.2 Å². The third kappa shape index (κ3) is 1.77. The van der Waals surface area contributed by atoms with E-state index in [0.717, 1.165) is 10.1 Å². The summed E-state index contributed by atoms with van der Waals surface area (Å²) < 4.78 is 1.81. The van der Waals surface area contributed by atoms with Crippen LogP contribution >= 0.6 is 11.8 Å². The zero-order valence-electron chi connectivity index (χ0n) is 9.49. The second-order valence-corrected chi connectivity index (χ2v) is 5.01. The van der Waals surface area contributed by atoms with Crippen molar-refractivity contribution >= 4 is 23.4 Å². The first-order chi connectivity index (χ1) is 8.65. The number of carbonyl (C=O) groups excluding carboxylic acids is 1. The maximum Gasteiger partial charge on any atom is 0.257 e. The molecule has 0 aliphatic carbocycles. The monoisotopic (exact) mass is 262 g/mol. The van der Waals surface area contributed by atoms with Crippen LogP contribution in [0.2, 0.25) is 0 Å². The Hall–Kier alpha value is -1.86. The van der Waals surface area contributed by atoms with E-state index < -0.39 is 6.10 Å². The maximum absolute atomic E-state index is 11.3. The molecular weight excluding hydrogens is 252 g/mol. The number of nitrogens with one attached hydrogen (secondary N) is 1. The summed E-state index contributed by atoms with van der Waals surface area (Å²) in [5, 5.41) is 20.8. The van der Waals surface area contributed by atoms with Gasteiger partial charge in [0.15, 0.2) is 11.3 Å². The molecule has 0 bridgehead atoms. The first-order valence-corrected chi connectivity index (χ1v) is 6.11. The number of nitrogens with zero attached hydrogens (tertiary/aromatic N) is 3. The van der Waals surface area contributed by atoms with Gasteiger partial charge in [0.1, 0.15) is 6.33 Å². The summed E-state index contributed by atoms with van der Waals surface area (Å²) in [5.74, 6) is -0.384. The number of hydrogen-bond acceptors (Lipinski definition) is 5. The van der Waals surface area contributed by atoms with Crippen molar-refractivity contribution in [3.63, 3.8) is 0 Å². The highest BCUT2D eigenvalue weighted by molar-refractivity contribution is 7.99. The summed E-state index contributed by atoms with van der Waals surface area (Å²) in [7, 11) is 1.86. The number of amides is 1. The highest BCUT2D eigenvalue weighted by atomic mass is 32.2. The van der Waals surface area contributed by atoms with Crippen LogP contribution in [0.25, 0.3) is 0 Å². The fourth-order valence-electron chi connectivity index (χ4n) is 1.76. The van der Waals surface area contributed by atoms with Gasteiger partial charge in [0.2, 0.25) is 0 Å². The molecule has 1 atom stereocenters. The number of aliphatic hydroxyl groups is 1. The molecular formula is C11H10N4O2S. The van der Waals surface area contributed by atoms with Crippen LogP contribution in [0.5, 0.6) is 0 Å². The van der Waals surface area contributed by atoms with Gasteiger partial charge in [-0.3, -0.25) is 4.79 Å². The quantitative estimate of drug-likeness (QED) is 0.842. The molecule has 2 aromatic rings. The van der Waals surface area contributed by atoms with E-state index in [9.17, 15) is 9.90 Å². The maximum atomic E-state index is 11.3. The van der Waals surface area contributed by atoms with Crippen LogP contribution in [0.4, 0.5) is 5.69 Å². The number of rotatable bonds is 2. The molecule has 0 saturated heterocycles. The first kappa shape index (κ1) is 11.2. The Kier molecular flexibility index (Phi) is 2.57. The van der Waals surface area contributed by atoms with E-state index in [2.05, 4.69) is 15.5 Å². The molecule has 3 rings (SSSR count). The van der Waals surface area contributed by atoms with E-state index >= 15 is 0 Å². The molecule has 1 aliphatic heterocycles. The minimum absolute atomic E-state index is 0.384. The van der Waals surface area contributed by atoms with Crippen LogP contribution in [0.3, 0.4) is 0 Å². The average molecular weight is 262 g/mol. The van der Waals surface area contributed by atoms with Gasteiger partial charge in [0.05, 0.1) is 0 Å². The van der Waals surface area contributed by atoms with Crippen molar-refractivity contribution in [2.75, 3.05) is 5.32 Å². The molecule has 2 heterocycles. The highest BCUT2D eigenvalue weighted by Crippen LogP contribution is 2.35. The molecule has 1 aliphatic rings. The van der Waals surface area contributed by atoms with E-state index in [-0.39, 0.29) is 5.91 Å². The summed E-state index contributed by atoms with van der Waals surface area (Å²) in [6, 6.07) is 5.42. The topological polar surface area (TPSA) is 80.0 Å². The van der Waals surface area contributed by atoms with Crippen molar-refractivity contribution in [1.82, 2.24) is 14.8 Å². The third-order valence-corrected chi connectivity index (χ3v) is 3.75. The Morgan fingerprint density at radius 3 is 3.06 bits per heavy atom. The summed E-state index contributed by atoms with van der Waals surface area (Å²) in [4.78, 5) is 12.2. The number of aryl methyl sites for hydroxylation is 1. The van der Waals surface area contributed by atoms with Gasteiger partial charge < -0.3 is 15.0 Å². The van der Waals surface area contributed by atoms with Crippen LogP contribution in [0.1, 0.15) is 11.7 Å². The van der Waals surface area contributed by atoms with Gasteiger partial charge in [0.25, 0.3) is 5.91 Å². The zero-order chi connectivity index (χ0) is 12.7. The van der Waals surface area contributed by atoms with Crippen molar-refractivity contribution in [3.8, 4) is 0 Å². The number of aliphatic hydroxyl groups excluding tert-OH is 1. The predicted octanol–water partition coefficient (Wildman–Crippen LogP) is 0.952. The van der Waals surface area contributed by atoms with Gasteiger partial charge in [-0.1, -0.05) is 6.07 Å². The standard InChI is InChI=1S/C11H10N4O2S/c1-15-5-12-14-11(15)18-6-2-3-7-8(4-6)13-10(17)9(7)16/h2-5,9,16H,1H3,(H,13,17). The van der Waals surface area contributed by atoms with Gasteiger partial charge >= 0.3 is 0 Å². The summed E-state index contributed by atoms with van der Waals surface area (Å²) in [6.45, 7) is 0. The Bertz CT molecular complexity index is 625. The smallest absolute Gasteiger partial charge is 0.257 e. The van der Waals surface area contributed by atoms with Crippen molar-refractivity contribution < 1.29 is 9.90 Å². The number of hydrogen-bond donors (Lipinski definition) is 2. The van der Waals surface area contributed by atoms with Crippen molar-refractivity contribution in [2.24, 2.45) is 7.05 Å². The van der Waals surface area contributed by atoms with E-state index in [1.807, 2.05) is 23.7 Å². The molecule has 1 aromatic heterocycles. The fourth-order valence-corrected chi connectivity index (χ4v) is 2.56. The van der Waals surface area contributed by atoms with Gasteiger partial charge in [-0.15, -0.1) is 10.2 Å². The molecule has 18 heavy (non-hydrogen) atoms. The van der Waals surface area contributed by atoms with E-state index in [1.54, 1.807) is 12.4 Å². The van der Waals surface area contributed by atoms with Crippen LogP contribution < -0.4 is 5.32 Å². The Morgan fingerprint density at radius 2 is 2.33 bits per heavy atom. The lowest BCUT2D eigenvalue weighted by atomic mass is 10.1. The van der Waals surface area contributed by atoms with Gasteiger partial charge in [-0.05, 0) is 23.9 Å². The molecule has 1 amide bonds. The molecule has 1 aromatic carbocycles. The predicted molar refractivity (Wildman–Crippen MR) is 65.2 cm³/mol. The van der Waals surface area contributed by atoms with Crippen LogP contribution in [-0.2, 0) is 11.8 Å². The Morgan fingerprint density at radius 1 is 1.50 bits per heavy atom. The van der Waals surface area contributed by atoms with Crippen LogP contribution in [0, 0.1) is 0 Å². The third-order valence-electron chi connectivity index (χ3n) is 2.70. The average Bonchev–Trinajstić information content (AvgIpc) is 2.86. The highest BCUT2D eigenvalue weighted by Gasteiger charge is 2.28. The van der Waals surface area contributed by atoms with Crippen molar-refractivity contribution in [1.29, 1.82) is 0 Å². The number of anilines is 1. The molecule has 6 nitrogen and oxygen atoms in total. The largest absolute Gasteiger partial charge is 0.378 e. The lowest BCUT2D eigenvalue weighted by molar-refractivity contribution is -0.123. The second-order valence-electron chi connectivity index (χ2n) is 3.97. The molecule has 0 radical (unpaired) electrons. The van der Waals surface area contributed by atoms with Crippen LogP contribution in [-0.4, -0.2) is 25.8 Å². The minimum atomic E-state index is -1.06. The molecule has 1 unspecified atom stereocenters. The lowest BCUT2D eigenvalue weighted by Gasteiger charge is -2.04. The Labute approximate surface area is 107 Å². The number of aromatic nitrogens is 3. The van der Waals surface area contributed by atoms with E-state index in [0.29, 0.717) is 11.3 Å². The van der Waals surface area contributed by atoms with Crippen molar-refractivity contribution in [3.05, 3.63) is 30.1 Å². The fraction of sp³-hybridized carbons (Fsp3) is 0.182. The second kappa shape index (κ2) is 4.11. The summed E-state index contributed by atoms with van der Waals surface area (Å²) >= 11 is 1.45. The van der Waals surface area contributed by atoms with Crippen LogP contribution in [0.15, 0.2) is 34.6 Å².